The standard InChI is InChI=1S/C13H23NO3/c1-5-7-9-10(3)12(15)14-11(8-6-2)13(16)17-4/h6,10-11H,2,5,7-9H2,1,3-4H3,(H,14,15)/t10-,11?/m1/s1. The van der Waals surface area contributed by atoms with Gasteiger partial charge in [-0.25, -0.2) is 4.79 Å². The minimum absolute atomic E-state index is 0.0769. The number of ether oxygens (including phenoxy) is 1. The second-order valence-corrected chi connectivity index (χ2v) is 4.15. The highest BCUT2D eigenvalue weighted by molar-refractivity contribution is 5.85. The molecule has 0 fully saturated rings. The van der Waals surface area contributed by atoms with Crippen LogP contribution in [0.1, 0.15) is 39.5 Å². The van der Waals surface area contributed by atoms with Crippen LogP contribution in [-0.4, -0.2) is 25.0 Å². The number of hydrogen-bond donors (Lipinski definition) is 1. The average Bonchev–Trinajstić information content (AvgIpc) is 2.34. The zero-order chi connectivity index (χ0) is 13.3. The Morgan fingerprint density at radius 2 is 2.12 bits per heavy atom. The second kappa shape index (κ2) is 8.79. The molecule has 0 aliphatic heterocycles. The second-order valence-electron chi connectivity index (χ2n) is 4.15. The molecule has 0 saturated carbocycles. The molecule has 0 aromatic carbocycles. The summed E-state index contributed by atoms with van der Waals surface area (Å²) in [5.41, 5.74) is 0. The lowest BCUT2D eigenvalue weighted by Gasteiger charge is -2.17. The predicted molar refractivity (Wildman–Crippen MR) is 67.4 cm³/mol. The third-order valence-corrected chi connectivity index (χ3v) is 2.64. The van der Waals surface area contributed by atoms with Gasteiger partial charge in [0.2, 0.25) is 5.91 Å². The summed E-state index contributed by atoms with van der Waals surface area (Å²) in [7, 11) is 1.31. The van der Waals surface area contributed by atoms with E-state index in [0.29, 0.717) is 6.42 Å². The molecule has 0 saturated heterocycles. The van der Waals surface area contributed by atoms with E-state index in [1.807, 2.05) is 6.92 Å². The summed E-state index contributed by atoms with van der Waals surface area (Å²) in [6, 6.07) is -0.617. The number of unbranched alkanes of at least 4 members (excludes halogenated alkanes) is 1. The summed E-state index contributed by atoms with van der Waals surface area (Å²) in [6.45, 7) is 7.51. The van der Waals surface area contributed by atoms with Crippen molar-refractivity contribution in [2.24, 2.45) is 5.92 Å². The zero-order valence-electron chi connectivity index (χ0n) is 11.0. The lowest BCUT2D eigenvalue weighted by atomic mass is 10.0. The minimum atomic E-state index is -0.617. The van der Waals surface area contributed by atoms with Crippen molar-refractivity contribution >= 4 is 11.9 Å². The van der Waals surface area contributed by atoms with E-state index in [2.05, 4.69) is 23.6 Å². The van der Waals surface area contributed by atoms with Crippen LogP contribution in [0.5, 0.6) is 0 Å². The molecule has 0 aromatic heterocycles. The Kier molecular flexibility index (Phi) is 8.11. The van der Waals surface area contributed by atoms with Gasteiger partial charge in [0, 0.05) is 5.92 Å². The van der Waals surface area contributed by atoms with Gasteiger partial charge in [0.1, 0.15) is 6.04 Å². The summed E-state index contributed by atoms with van der Waals surface area (Å²) in [4.78, 5) is 23.2. The Bertz CT molecular complexity index is 263. The Morgan fingerprint density at radius 3 is 2.59 bits per heavy atom. The lowest BCUT2D eigenvalue weighted by Crippen LogP contribution is -2.43. The average molecular weight is 241 g/mol. The van der Waals surface area contributed by atoms with Crippen molar-refractivity contribution in [1.82, 2.24) is 5.32 Å². The molecule has 0 bridgehead atoms. The lowest BCUT2D eigenvalue weighted by molar-refractivity contribution is -0.145. The van der Waals surface area contributed by atoms with Crippen LogP contribution in [0.15, 0.2) is 12.7 Å². The largest absolute Gasteiger partial charge is 0.467 e. The molecule has 0 heterocycles. The van der Waals surface area contributed by atoms with Gasteiger partial charge in [0.05, 0.1) is 7.11 Å². The van der Waals surface area contributed by atoms with Gasteiger partial charge in [0.25, 0.3) is 0 Å². The Balaban J connectivity index is 4.28. The molecule has 1 amide bonds. The molecule has 0 aliphatic carbocycles. The SMILES string of the molecule is C=CCC(NC(=O)[C@H](C)CCCC)C(=O)OC. The van der Waals surface area contributed by atoms with E-state index in [4.69, 9.17) is 0 Å². The maximum atomic E-state index is 11.8. The number of esters is 1. The molecule has 0 aliphatic rings. The van der Waals surface area contributed by atoms with Crippen LogP contribution in [0.25, 0.3) is 0 Å². The van der Waals surface area contributed by atoms with E-state index in [-0.39, 0.29) is 11.8 Å². The molecular weight excluding hydrogens is 218 g/mol. The molecular formula is C13H23NO3. The zero-order valence-corrected chi connectivity index (χ0v) is 11.0. The maximum absolute atomic E-state index is 11.8. The summed E-state index contributed by atoms with van der Waals surface area (Å²) in [5, 5.41) is 2.69. The van der Waals surface area contributed by atoms with E-state index in [9.17, 15) is 9.59 Å². The van der Waals surface area contributed by atoms with Crippen molar-refractivity contribution in [1.29, 1.82) is 0 Å². The molecule has 4 heteroatoms. The van der Waals surface area contributed by atoms with Crippen LogP contribution in [0, 0.1) is 5.92 Å². The Morgan fingerprint density at radius 1 is 1.47 bits per heavy atom. The first-order valence-electron chi connectivity index (χ1n) is 6.05. The van der Waals surface area contributed by atoms with E-state index >= 15 is 0 Å². The molecule has 98 valence electrons. The van der Waals surface area contributed by atoms with E-state index in [0.717, 1.165) is 19.3 Å². The van der Waals surface area contributed by atoms with Gasteiger partial charge < -0.3 is 10.1 Å². The fourth-order valence-corrected chi connectivity index (χ4v) is 1.48. The van der Waals surface area contributed by atoms with E-state index < -0.39 is 12.0 Å². The fourth-order valence-electron chi connectivity index (χ4n) is 1.48. The van der Waals surface area contributed by atoms with Gasteiger partial charge in [-0.2, -0.15) is 0 Å². The van der Waals surface area contributed by atoms with Crippen LogP contribution in [0.3, 0.4) is 0 Å². The number of nitrogens with one attached hydrogen (secondary N) is 1. The number of hydrogen-bond acceptors (Lipinski definition) is 3. The summed E-state index contributed by atoms with van der Waals surface area (Å²) in [6.07, 6.45) is 4.89. The van der Waals surface area contributed by atoms with Gasteiger partial charge >= 0.3 is 5.97 Å². The van der Waals surface area contributed by atoms with E-state index in [1.165, 1.54) is 7.11 Å². The highest BCUT2D eigenvalue weighted by Crippen LogP contribution is 2.08. The highest BCUT2D eigenvalue weighted by atomic mass is 16.5. The van der Waals surface area contributed by atoms with Crippen molar-refractivity contribution in [3.05, 3.63) is 12.7 Å². The van der Waals surface area contributed by atoms with Crippen molar-refractivity contribution in [2.45, 2.75) is 45.6 Å². The highest BCUT2D eigenvalue weighted by Gasteiger charge is 2.22. The van der Waals surface area contributed by atoms with Crippen LogP contribution < -0.4 is 5.32 Å². The number of rotatable bonds is 8. The number of carbonyl (C=O) groups excluding carboxylic acids is 2. The predicted octanol–water partition coefficient (Wildman–Crippen LogP) is 2.05. The van der Waals surface area contributed by atoms with Gasteiger partial charge in [-0.1, -0.05) is 32.8 Å². The fraction of sp³-hybridized carbons (Fsp3) is 0.692. The number of amides is 1. The number of methoxy groups -OCH3 is 1. The summed E-state index contributed by atoms with van der Waals surface area (Å²) in [5.74, 6) is -0.608. The monoisotopic (exact) mass is 241 g/mol. The van der Waals surface area contributed by atoms with Gasteiger partial charge in [0.15, 0.2) is 0 Å². The molecule has 0 rings (SSSR count). The Labute approximate surface area is 103 Å². The minimum Gasteiger partial charge on any atom is -0.467 e. The molecule has 1 unspecified atom stereocenters. The summed E-state index contributed by atoms with van der Waals surface area (Å²) >= 11 is 0. The van der Waals surface area contributed by atoms with Crippen molar-refractivity contribution in [3.63, 3.8) is 0 Å². The van der Waals surface area contributed by atoms with Gasteiger partial charge in [-0.3, -0.25) is 4.79 Å². The normalized spacial score (nSPS) is 13.6. The molecule has 4 nitrogen and oxygen atoms in total. The number of carbonyl (C=O) groups is 2. The smallest absolute Gasteiger partial charge is 0.328 e. The molecule has 0 spiro atoms. The van der Waals surface area contributed by atoms with Crippen LogP contribution in [-0.2, 0) is 14.3 Å². The third kappa shape index (κ3) is 6.09. The quantitative estimate of drug-likeness (QED) is 0.522. The molecule has 2 atom stereocenters. The van der Waals surface area contributed by atoms with Crippen LogP contribution in [0.4, 0.5) is 0 Å². The molecule has 17 heavy (non-hydrogen) atoms. The first kappa shape index (κ1) is 15.7. The van der Waals surface area contributed by atoms with Crippen LogP contribution >= 0.6 is 0 Å². The van der Waals surface area contributed by atoms with Gasteiger partial charge in [-0.15, -0.1) is 6.58 Å². The first-order valence-corrected chi connectivity index (χ1v) is 6.05. The van der Waals surface area contributed by atoms with Crippen molar-refractivity contribution < 1.29 is 14.3 Å². The molecule has 0 radical (unpaired) electrons. The third-order valence-electron chi connectivity index (χ3n) is 2.64. The van der Waals surface area contributed by atoms with Gasteiger partial charge in [-0.05, 0) is 12.8 Å². The first-order chi connectivity index (χ1) is 8.06. The van der Waals surface area contributed by atoms with Crippen molar-refractivity contribution in [2.75, 3.05) is 7.11 Å². The molecule has 0 aromatic rings. The maximum Gasteiger partial charge on any atom is 0.328 e. The molecule has 1 N–H and O–H groups in total. The summed E-state index contributed by atoms with van der Waals surface area (Å²) < 4.78 is 4.63. The Hall–Kier alpha value is -1.32. The van der Waals surface area contributed by atoms with Crippen LogP contribution in [0.2, 0.25) is 0 Å². The topological polar surface area (TPSA) is 55.4 Å². The van der Waals surface area contributed by atoms with E-state index in [1.54, 1.807) is 6.08 Å². The van der Waals surface area contributed by atoms with Crippen molar-refractivity contribution in [3.8, 4) is 0 Å².